The number of amides is 2. The van der Waals surface area contributed by atoms with Crippen LogP contribution in [-0.2, 0) is 16.0 Å². The third-order valence-electron chi connectivity index (χ3n) is 5.73. The van der Waals surface area contributed by atoms with Crippen molar-refractivity contribution < 1.29 is 23.5 Å². The summed E-state index contributed by atoms with van der Waals surface area (Å²) in [7, 11) is 1.62. The molecular formula is C28H29N3O5S2. The lowest BCUT2D eigenvalue weighted by atomic mass is 10.1. The average Bonchev–Trinajstić information content (AvgIpc) is 3.40. The molecule has 3 aromatic rings. The monoisotopic (exact) mass is 551 g/mol. The van der Waals surface area contributed by atoms with Crippen LogP contribution < -0.4 is 15.4 Å². The Kier molecular flexibility index (Phi) is 9.97. The number of benzene rings is 2. The number of ether oxygens (including phenoxy) is 2. The van der Waals surface area contributed by atoms with Crippen LogP contribution in [0.1, 0.15) is 21.7 Å². The topological polar surface area (TPSA) is 93.0 Å². The number of thiocarbonyl (C=S) groups is 1. The predicted molar refractivity (Wildman–Crippen MR) is 151 cm³/mol. The van der Waals surface area contributed by atoms with Crippen molar-refractivity contribution in [2.45, 2.75) is 11.5 Å². The van der Waals surface area contributed by atoms with Gasteiger partial charge in [0.25, 0.3) is 11.8 Å². The van der Waals surface area contributed by atoms with Crippen molar-refractivity contribution in [3.63, 3.8) is 0 Å². The summed E-state index contributed by atoms with van der Waals surface area (Å²) in [6.45, 7) is 3.16. The van der Waals surface area contributed by atoms with E-state index in [0.29, 0.717) is 46.9 Å². The standard InChI is InChI=1S/C28H29N3O5S2/c1-34-22-9-7-20(8-10-22)13-14-29-27(33)24(30-26(32)21-5-3-2-4-6-21)19-23-11-12-25(36-23)38-28(37)31-15-17-35-18-16-31/h2-12,19H,13-18H2,1H3,(H,29,33)(H,30,32). The number of morpholine rings is 1. The molecule has 10 heteroatoms. The van der Waals surface area contributed by atoms with Gasteiger partial charge in [-0.3, -0.25) is 9.59 Å². The molecule has 8 nitrogen and oxygen atoms in total. The molecule has 2 aromatic carbocycles. The second kappa shape index (κ2) is 13.8. The van der Waals surface area contributed by atoms with Crippen LogP contribution in [0.3, 0.4) is 0 Å². The van der Waals surface area contributed by atoms with Gasteiger partial charge < -0.3 is 29.4 Å². The number of nitrogens with zero attached hydrogens (tertiary/aromatic N) is 1. The Balaban J connectivity index is 1.44. The summed E-state index contributed by atoms with van der Waals surface area (Å²) in [6, 6.07) is 19.9. The molecule has 4 rings (SSSR count). The number of rotatable bonds is 9. The van der Waals surface area contributed by atoms with E-state index in [0.717, 1.165) is 24.4 Å². The highest BCUT2D eigenvalue weighted by molar-refractivity contribution is 8.22. The zero-order chi connectivity index (χ0) is 26.7. The highest BCUT2D eigenvalue weighted by Gasteiger charge is 2.18. The van der Waals surface area contributed by atoms with Gasteiger partial charge in [-0.2, -0.15) is 0 Å². The third-order valence-corrected chi connectivity index (χ3v) is 7.09. The number of hydrogen-bond donors (Lipinski definition) is 2. The first-order chi connectivity index (χ1) is 18.5. The molecule has 1 aliphatic heterocycles. The zero-order valence-corrected chi connectivity index (χ0v) is 22.6. The van der Waals surface area contributed by atoms with Gasteiger partial charge >= 0.3 is 0 Å². The lowest BCUT2D eigenvalue weighted by molar-refractivity contribution is -0.117. The van der Waals surface area contributed by atoms with E-state index in [9.17, 15) is 9.59 Å². The maximum Gasteiger partial charge on any atom is 0.267 e. The first kappa shape index (κ1) is 27.4. The second-order valence-electron chi connectivity index (χ2n) is 8.36. The molecule has 0 saturated carbocycles. The van der Waals surface area contributed by atoms with E-state index in [1.807, 2.05) is 30.3 Å². The third kappa shape index (κ3) is 7.95. The fraction of sp³-hybridized carbons (Fsp3) is 0.250. The van der Waals surface area contributed by atoms with Crippen molar-refractivity contribution in [3.05, 3.63) is 89.3 Å². The fourth-order valence-electron chi connectivity index (χ4n) is 3.66. The Hall–Kier alpha value is -3.60. The van der Waals surface area contributed by atoms with Crippen molar-refractivity contribution in [1.29, 1.82) is 0 Å². The van der Waals surface area contributed by atoms with Crippen LogP contribution >= 0.6 is 24.0 Å². The smallest absolute Gasteiger partial charge is 0.267 e. The molecule has 2 amide bonds. The van der Waals surface area contributed by atoms with Crippen LogP contribution in [-0.4, -0.2) is 61.0 Å². The quantitative estimate of drug-likeness (QED) is 0.233. The number of carbonyl (C=O) groups excluding carboxylic acids is 2. The van der Waals surface area contributed by atoms with Gasteiger partial charge in [-0.05, 0) is 60.1 Å². The minimum atomic E-state index is -0.419. The van der Waals surface area contributed by atoms with Crippen molar-refractivity contribution in [2.75, 3.05) is 40.0 Å². The Morgan fingerprint density at radius 1 is 1.05 bits per heavy atom. The van der Waals surface area contributed by atoms with Gasteiger partial charge in [-0.25, -0.2) is 0 Å². The van der Waals surface area contributed by atoms with Gasteiger partial charge in [0.15, 0.2) is 5.09 Å². The Labute approximate surface area is 231 Å². The summed E-state index contributed by atoms with van der Waals surface area (Å²) in [5.74, 6) is 0.383. The van der Waals surface area contributed by atoms with E-state index in [-0.39, 0.29) is 5.70 Å². The first-order valence-electron chi connectivity index (χ1n) is 12.2. The predicted octanol–water partition coefficient (Wildman–Crippen LogP) is 4.13. The SMILES string of the molecule is COc1ccc(CCNC(=O)C(=Cc2ccc(SC(=S)N3CCOCC3)o2)NC(=O)c2ccccc2)cc1. The number of methoxy groups -OCH3 is 1. The molecular weight excluding hydrogens is 522 g/mol. The number of nitrogens with one attached hydrogen (secondary N) is 2. The molecule has 0 radical (unpaired) electrons. The summed E-state index contributed by atoms with van der Waals surface area (Å²) in [5.41, 5.74) is 1.57. The Morgan fingerprint density at radius 2 is 1.79 bits per heavy atom. The average molecular weight is 552 g/mol. The van der Waals surface area contributed by atoms with Crippen LogP contribution in [0.15, 0.2) is 81.9 Å². The van der Waals surface area contributed by atoms with Crippen molar-refractivity contribution in [3.8, 4) is 5.75 Å². The van der Waals surface area contributed by atoms with Crippen LogP contribution in [0.5, 0.6) is 5.75 Å². The van der Waals surface area contributed by atoms with E-state index < -0.39 is 11.8 Å². The van der Waals surface area contributed by atoms with E-state index in [4.69, 9.17) is 26.1 Å². The lowest BCUT2D eigenvalue weighted by Gasteiger charge is -2.28. The van der Waals surface area contributed by atoms with Crippen LogP contribution in [0.25, 0.3) is 6.08 Å². The summed E-state index contributed by atoms with van der Waals surface area (Å²) in [6.07, 6.45) is 2.14. The normalized spacial score (nSPS) is 13.6. The summed E-state index contributed by atoms with van der Waals surface area (Å²) in [4.78, 5) is 28.0. The fourth-order valence-corrected chi connectivity index (χ4v) is 4.84. The van der Waals surface area contributed by atoms with Gasteiger partial charge in [0.1, 0.15) is 21.5 Å². The maximum absolute atomic E-state index is 13.1. The number of thioether (sulfide) groups is 1. The van der Waals surface area contributed by atoms with E-state index in [2.05, 4.69) is 15.5 Å². The Morgan fingerprint density at radius 3 is 2.50 bits per heavy atom. The largest absolute Gasteiger partial charge is 0.497 e. The lowest BCUT2D eigenvalue weighted by Crippen LogP contribution is -2.38. The summed E-state index contributed by atoms with van der Waals surface area (Å²) in [5, 5.41) is 6.20. The molecule has 38 heavy (non-hydrogen) atoms. The molecule has 0 bridgehead atoms. The highest BCUT2D eigenvalue weighted by atomic mass is 32.2. The van der Waals surface area contributed by atoms with Gasteiger partial charge in [-0.1, -0.05) is 42.5 Å². The first-order valence-corrected chi connectivity index (χ1v) is 13.4. The number of carbonyl (C=O) groups is 2. The minimum absolute atomic E-state index is 0.0789. The zero-order valence-electron chi connectivity index (χ0n) is 21.0. The summed E-state index contributed by atoms with van der Waals surface area (Å²) >= 11 is 6.88. The maximum atomic E-state index is 13.1. The van der Waals surface area contributed by atoms with Crippen molar-refractivity contribution in [1.82, 2.24) is 15.5 Å². The minimum Gasteiger partial charge on any atom is -0.497 e. The van der Waals surface area contributed by atoms with Crippen LogP contribution in [0.2, 0.25) is 0 Å². The van der Waals surface area contributed by atoms with E-state index >= 15 is 0 Å². The molecule has 0 unspecified atom stereocenters. The van der Waals surface area contributed by atoms with Crippen LogP contribution in [0.4, 0.5) is 0 Å². The number of furan rings is 1. The van der Waals surface area contributed by atoms with Gasteiger partial charge in [0.2, 0.25) is 0 Å². The highest BCUT2D eigenvalue weighted by Crippen LogP contribution is 2.25. The molecule has 1 fully saturated rings. The summed E-state index contributed by atoms with van der Waals surface area (Å²) < 4.78 is 17.2. The molecule has 0 spiro atoms. The molecule has 1 aliphatic rings. The Bertz CT molecular complexity index is 1270. The van der Waals surface area contributed by atoms with Gasteiger partial charge in [0.05, 0.1) is 20.3 Å². The van der Waals surface area contributed by atoms with Crippen molar-refractivity contribution >= 4 is 46.2 Å². The molecule has 0 aliphatic carbocycles. The molecule has 0 atom stereocenters. The molecule has 198 valence electrons. The number of hydrogen-bond acceptors (Lipinski definition) is 7. The van der Waals surface area contributed by atoms with Gasteiger partial charge in [-0.15, -0.1) is 0 Å². The molecule has 1 aromatic heterocycles. The van der Waals surface area contributed by atoms with Crippen molar-refractivity contribution in [2.24, 2.45) is 0 Å². The molecule has 1 saturated heterocycles. The van der Waals surface area contributed by atoms with E-state index in [1.54, 1.807) is 43.5 Å². The molecule has 2 heterocycles. The van der Waals surface area contributed by atoms with Crippen LogP contribution in [0, 0.1) is 0 Å². The molecule has 2 N–H and O–H groups in total. The van der Waals surface area contributed by atoms with E-state index in [1.165, 1.54) is 17.8 Å². The van der Waals surface area contributed by atoms with Gasteiger partial charge in [0, 0.05) is 31.3 Å². The second-order valence-corrected chi connectivity index (χ2v) is 9.99.